The van der Waals surface area contributed by atoms with Crippen molar-refractivity contribution in [1.82, 2.24) is 19.1 Å². The van der Waals surface area contributed by atoms with Crippen LogP contribution in [0.1, 0.15) is 49.8 Å². The lowest BCUT2D eigenvalue weighted by Gasteiger charge is -2.34. The lowest BCUT2D eigenvalue weighted by Crippen LogP contribution is -2.40. The second-order valence-electron chi connectivity index (χ2n) is 6.77. The molecule has 1 N–H and O–H groups in total. The van der Waals surface area contributed by atoms with Crippen LogP contribution in [0.15, 0.2) is 39.2 Å². The molecule has 0 radical (unpaired) electrons. The molecule has 0 amide bonds. The highest BCUT2D eigenvalue weighted by molar-refractivity contribution is 6.01. The zero-order valence-corrected chi connectivity index (χ0v) is 15.9. The van der Waals surface area contributed by atoms with E-state index in [1.165, 1.54) is 14.1 Å². The topological polar surface area (TPSA) is 92.7 Å². The Morgan fingerprint density at radius 2 is 2.07 bits per heavy atom. The van der Waals surface area contributed by atoms with E-state index in [1.807, 2.05) is 30.3 Å². The minimum absolute atomic E-state index is 0.0764. The zero-order chi connectivity index (χ0) is 19.6. The Kier molecular flexibility index (Phi) is 5.43. The van der Waals surface area contributed by atoms with Crippen molar-refractivity contribution >= 4 is 5.71 Å². The molecular formula is C19H25N5O3. The van der Waals surface area contributed by atoms with Crippen molar-refractivity contribution in [1.29, 1.82) is 0 Å². The van der Waals surface area contributed by atoms with Gasteiger partial charge in [0.2, 0.25) is 5.88 Å². The molecule has 2 aromatic heterocycles. The zero-order valence-electron chi connectivity index (χ0n) is 15.9. The van der Waals surface area contributed by atoms with Gasteiger partial charge in [-0.2, -0.15) is 5.10 Å². The first-order chi connectivity index (χ1) is 13.0. The number of hydrogen-bond donors (Lipinski definition) is 1. The van der Waals surface area contributed by atoms with Crippen LogP contribution >= 0.6 is 0 Å². The third-order valence-corrected chi connectivity index (χ3v) is 5.05. The molecule has 1 atom stereocenters. The van der Waals surface area contributed by atoms with Gasteiger partial charge in [0, 0.05) is 33.0 Å². The van der Waals surface area contributed by atoms with E-state index < -0.39 is 11.2 Å². The number of hydrazone groups is 1. The number of piperidine rings is 1. The second kappa shape index (κ2) is 7.77. The molecule has 0 spiro atoms. The van der Waals surface area contributed by atoms with Crippen molar-refractivity contribution in [3.8, 4) is 5.88 Å². The summed E-state index contributed by atoms with van der Waals surface area (Å²) in [7, 11) is 2.84. The Morgan fingerprint density at radius 1 is 1.30 bits per heavy atom. The summed E-state index contributed by atoms with van der Waals surface area (Å²) in [6.45, 7) is 2.64. The number of aromatic nitrogens is 3. The van der Waals surface area contributed by atoms with Gasteiger partial charge in [-0.3, -0.25) is 23.9 Å². The fourth-order valence-electron chi connectivity index (χ4n) is 3.49. The average molecular weight is 371 g/mol. The van der Waals surface area contributed by atoms with Crippen LogP contribution in [0.25, 0.3) is 0 Å². The number of aromatic hydroxyl groups is 1. The molecule has 1 fully saturated rings. The molecule has 1 saturated heterocycles. The van der Waals surface area contributed by atoms with E-state index in [0.29, 0.717) is 12.1 Å². The van der Waals surface area contributed by atoms with Gasteiger partial charge in [-0.15, -0.1) is 0 Å². The molecule has 2 aromatic rings. The van der Waals surface area contributed by atoms with Gasteiger partial charge in [-0.25, -0.2) is 4.79 Å². The highest BCUT2D eigenvalue weighted by Gasteiger charge is 2.25. The first kappa shape index (κ1) is 18.9. The third-order valence-electron chi connectivity index (χ3n) is 5.05. The van der Waals surface area contributed by atoms with Crippen LogP contribution in [-0.4, -0.2) is 36.5 Å². The molecule has 3 rings (SSSR count). The average Bonchev–Trinajstić information content (AvgIpc) is 2.71. The quantitative estimate of drug-likeness (QED) is 0.823. The monoisotopic (exact) mass is 371 g/mol. The summed E-state index contributed by atoms with van der Waals surface area (Å²) in [6, 6.07) is 4.01. The van der Waals surface area contributed by atoms with E-state index in [-0.39, 0.29) is 17.5 Å². The van der Waals surface area contributed by atoms with Gasteiger partial charge in [-0.05, 0) is 37.3 Å². The molecule has 0 aliphatic carbocycles. The van der Waals surface area contributed by atoms with E-state index in [9.17, 15) is 14.7 Å². The molecule has 1 aliphatic rings. The van der Waals surface area contributed by atoms with Gasteiger partial charge in [-0.1, -0.05) is 13.0 Å². The fourth-order valence-corrected chi connectivity index (χ4v) is 3.49. The Morgan fingerprint density at radius 3 is 2.74 bits per heavy atom. The number of pyridine rings is 1. The Balaban J connectivity index is 2.09. The van der Waals surface area contributed by atoms with Crippen LogP contribution in [0.3, 0.4) is 0 Å². The smallest absolute Gasteiger partial charge is 0.333 e. The largest absolute Gasteiger partial charge is 0.494 e. The Labute approximate surface area is 157 Å². The highest BCUT2D eigenvalue weighted by Crippen LogP contribution is 2.31. The lowest BCUT2D eigenvalue weighted by atomic mass is 9.98. The minimum atomic E-state index is -0.567. The van der Waals surface area contributed by atoms with Crippen LogP contribution in [0.5, 0.6) is 5.88 Å². The van der Waals surface area contributed by atoms with Gasteiger partial charge in [0.1, 0.15) is 5.56 Å². The Bertz CT molecular complexity index is 962. The maximum Gasteiger partial charge on any atom is 0.333 e. The van der Waals surface area contributed by atoms with Gasteiger partial charge < -0.3 is 5.11 Å². The molecule has 27 heavy (non-hydrogen) atoms. The van der Waals surface area contributed by atoms with Crippen molar-refractivity contribution in [3.63, 3.8) is 0 Å². The van der Waals surface area contributed by atoms with Gasteiger partial charge in [0.25, 0.3) is 5.56 Å². The normalized spacial score (nSPS) is 18.0. The second-order valence-corrected chi connectivity index (χ2v) is 6.77. The molecule has 1 aliphatic heterocycles. The molecule has 8 nitrogen and oxygen atoms in total. The maximum absolute atomic E-state index is 12.6. The standard InChI is InChI=1S/C19H25N5O3/c1-4-14(16-17(25)22(2)19(27)23(3)18(16)26)21-24-11-6-5-9-15(24)13-8-7-10-20-12-13/h7-8,10,12,15,25H,4-6,9,11H2,1-3H3/b21-14+/t15-/m1/s1. The predicted molar refractivity (Wildman–Crippen MR) is 103 cm³/mol. The molecule has 3 heterocycles. The summed E-state index contributed by atoms with van der Waals surface area (Å²) < 4.78 is 2.06. The minimum Gasteiger partial charge on any atom is -0.494 e. The molecule has 0 saturated carbocycles. The van der Waals surface area contributed by atoms with Crippen molar-refractivity contribution in [2.75, 3.05) is 6.54 Å². The van der Waals surface area contributed by atoms with Crippen LogP contribution in [0.2, 0.25) is 0 Å². The maximum atomic E-state index is 12.6. The summed E-state index contributed by atoms with van der Waals surface area (Å²) in [5.41, 5.74) is 0.528. The number of rotatable bonds is 4. The fraction of sp³-hybridized carbons (Fsp3) is 0.474. The summed E-state index contributed by atoms with van der Waals surface area (Å²) in [4.78, 5) is 28.9. The summed E-state index contributed by atoms with van der Waals surface area (Å²) in [5.74, 6) is -0.348. The molecule has 0 bridgehead atoms. The molecule has 0 unspecified atom stereocenters. The van der Waals surface area contributed by atoms with Crippen molar-refractivity contribution in [3.05, 3.63) is 56.5 Å². The molecular weight excluding hydrogens is 346 g/mol. The third kappa shape index (κ3) is 3.51. The van der Waals surface area contributed by atoms with Crippen molar-refractivity contribution in [2.45, 2.75) is 38.6 Å². The van der Waals surface area contributed by atoms with E-state index in [0.717, 1.165) is 40.5 Å². The van der Waals surface area contributed by atoms with Gasteiger partial charge in [0.15, 0.2) is 0 Å². The van der Waals surface area contributed by atoms with E-state index in [1.54, 1.807) is 6.20 Å². The van der Waals surface area contributed by atoms with Crippen molar-refractivity contribution < 1.29 is 5.11 Å². The molecule has 0 aromatic carbocycles. The summed E-state index contributed by atoms with van der Waals surface area (Å²) >= 11 is 0. The summed E-state index contributed by atoms with van der Waals surface area (Å²) in [6.07, 6.45) is 7.09. The number of hydrogen-bond acceptors (Lipinski definition) is 6. The van der Waals surface area contributed by atoms with Crippen LogP contribution < -0.4 is 11.2 Å². The summed E-state index contributed by atoms with van der Waals surface area (Å²) in [5, 5.41) is 17.2. The Hall–Kier alpha value is -2.90. The van der Waals surface area contributed by atoms with Crippen LogP contribution in [-0.2, 0) is 14.1 Å². The predicted octanol–water partition coefficient (Wildman–Crippen LogP) is 1.53. The van der Waals surface area contributed by atoms with E-state index in [2.05, 4.69) is 4.98 Å². The number of nitrogens with zero attached hydrogens (tertiary/aromatic N) is 5. The van der Waals surface area contributed by atoms with E-state index in [4.69, 9.17) is 5.10 Å². The van der Waals surface area contributed by atoms with Gasteiger partial charge >= 0.3 is 5.69 Å². The molecule has 8 heteroatoms. The van der Waals surface area contributed by atoms with Crippen LogP contribution in [0, 0.1) is 0 Å². The first-order valence-corrected chi connectivity index (χ1v) is 9.19. The lowest BCUT2D eigenvalue weighted by molar-refractivity contribution is 0.154. The van der Waals surface area contributed by atoms with Crippen LogP contribution in [0.4, 0.5) is 0 Å². The SMILES string of the molecule is CC/C(=N\N1CCCC[C@@H]1c1cccnc1)c1c(O)n(C)c(=O)n(C)c1=O. The van der Waals surface area contributed by atoms with Crippen molar-refractivity contribution in [2.24, 2.45) is 19.2 Å². The molecule has 144 valence electrons. The highest BCUT2D eigenvalue weighted by atomic mass is 16.3. The van der Waals surface area contributed by atoms with Gasteiger partial charge in [0.05, 0.1) is 11.8 Å². The first-order valence-electron chi connectivity index (χ1n) is 9.19. The van der Waals surface area contributed by atoms with E-state index >= 15 is 0 Å².